The molecule has 0 radical (unpaired) electrons. The minimum atomic E-state index is -0.320. The van der Waals surface area contributed by atoms with E-state index in [1.807, 2.05) is 0 Å². The van der Waals surface area contributed by atoms with Gasteiger partial charge in [0.2, 0.25) is 0 Å². The molecular weight excluding hydrogens is 305 g/mol. The van der Waals surface area contributed by atoms with Crippen LogP contribution < -0.4 is 0 Å². The Bertz CT molecular complexity index is 468. The molecular formula is C12H11BrClNO2. The molecule has 17 heavy (non-hydrogen) atoms. The molecule has 0 saturated carbocycles. The zero-order valence-corrected chi connectivity index (χ0v) is 11.6. The highest BCUT2D eigenvalue weighted by atomic mass is 79.9. The topological polar surface area (TPSA) is 50.1 Å². The SMILES string of the molecule is CCOC(=O)Cc1cc(CBr)c(C#N)cc1Cl. The molecule has 0 unspecified atom stereocenters. The van der Waals surface area contributed by atoms with Gasteiger partial charge in [-0.2, -0.15) is 5.26 Å². The number of carbonyl (C=O) groups excluding carboxylic acids is 1. The summed E-state index contributed by atoms with van der Waals surface area (Å²) in [7, 11) is 0. The number of hydrogen-bond acceptors (Lipinski definition) is 3. The molecule has 0 atom stereocenters. The standard InChI is InChI=1S/C12H11BrClNO2/c1-2-17-12(16)5-8-3-9(6-13)10(7-15)4-11(8)14/h3-4H,2,5-6H2,1H3. The number of alkyl halides is 1. The van der Waals surface area contributed by atoms with E-state index in [-0.39, 0.29) is 12.4 Å². The van der Waals surface area contributed by atoms with Gasteiger partial charge in [-0.15, -0.1) is 0 Å². The third-order valence-corrected chi connectivity index (χ3v) is 3.13. The van der Waals surface area contributed by atoms with Crippen molar-refractivity contribution in [2.24, 2.45) is 0 Å². The maximum atomic E-state index is 11.4. The van der Waals surface area contributed by atoms with Gasteiger partial charge in [0.05, 0.1) is 24.7 Å². The van der Waals surface area contributed by atoms with Gasteiger partial charge in [0.1, 0.15) is 0 Å². The highest BCUT2D eigenvalue weighted by molar-refractivity contribution is 9.08. The number of esters is 1. The Labute approximate surface area is 113 Å². The summed E-state index contributed by atoms with van der Waals surface area (Å²) in [5.41, 5.74) is 2.01. The summed E-state index contributed by atoms with van der Waals surface area (Å²) in [6.07, 6.45) is 0.123. The van der Waals surface area contributed by atoms with Crippen LogP contribution >= 0.6 is 27.5 Å². The molecule has 0 fully saturated rings. The van der Waals surface area contributed by atoms with Crippen molar-refractivity contribution in [2.45, 2.75) is 18.7 Å². The third-order valence-electron chi connectivity index (χ3n) is 2.18. The fourth-order valence-corrected chi connectivity index (χ4v) is 2.08. The van der Waals surface area contributed by atoms with E-state index < -0.39 is 0 Å². The summed E-state index contributed by atoms with van der Waals surface area (Å²) < 4.78 is 4.86. The van der Waals surface area contributed by atoms with Crippen LogP contribution in [0.2, 0.25) is 5.02 Å². The largest absolute Gasteiger partial charge is 0.466 e. The van der Waals surface area contributed by atoms with E-state index in [2.05, 4.69) is 22.0 Å². The van der Waals surface area contributed by atoms with Gasteiger partial charge in [-0.3, -0.25) is 4.79 Å². The summed E-state index contributed by atoms with van der Waals surface area (Å²) in [5, 5.41) is 9.87. The third kappa shape index (κ3) is 3.72. The summed E-state index contributed by atoms with van der Waals surface area (Å²) in [5.74, 6) is -0.320. The fraction of sp³-hybridized carbons (Fsp3) is 0.333. The predicted octanol–water partition coefficient (Wildman–Crippen LogP) is 3.21. The molecule has 0 spiro atoms. The molecule has 5 heteroatoms. The molecule has 0 N–H and O–H groups in total. The van der Waals surface area contributed by atoms with Crippen LogP contribution in [0.15, 0.2) is 12.1 Å². The van der Waals surface area contributed by atoms with Gasteiger partial charge in [-0.05, 0) is 24.1 Å². The van der Waals surface area contributed by atoms with E-state index in [4.69, 9.17) is 21.6 Å². The van der Waals surface area contributed by atoms with Crippen LogP contribution in [-0.4, -0.2) is 12.6 Å². The van der Waals surface area contributed by atoms with Crippen molar-refractivity contribution in [3.8, 4) is 6.07 Å². The Kier molecular flexibility index (Phi) is 5.46. The van der Waals surface area contributed by atoms with Crippen molar-refractivity contribution in [1.29, 1.82) is 5.26 Å². The van der Waals surface area contributed by atoms with Crippen molar-refractivity contribution < 1.29 is 9.53 Å². The van der Waals surface area contributed by atoms with Gasteiger partial charge in [0.25, 0.3) is 0 Å². The van der Waals surface area contributed by atoms with Crippen LogP contribution in [0.1, 0.15) is 23.6 Å². The first-order valence-electron chi connectivity index (χ1n) is 5.05. The molecule has 1 rings (SSSR count). The normalized spacial score (nSPS) is 9.76. The van der Waals surface area contributed by atoms with Crippen molar-refractivity contribution in [3.05, 3.63) is 33.8 Å². The Balaban J connectivity index is 3.01. The molecule has 3 nitrogen and oxygen atoms in total. The lowest BCUT2D eigenvalue weighted by Crippen LogP contribution is -2.08. The van der Waals surface area contributed by atoms with Crippen LogP contribution in [-0.2, 0) is 21.3 Å². The molecule has 0 heterocycles. The molecule has 0 aliphatic carbocycles. The molecule has 0 aliphatic heterocycles. The second kappa shape index (κ2) is 6.63. The first-order valence-corrected chi connectivity index (χ1v) is 6.55. The summed E-state index contributed by atoms with van der Waals surface area (Å²) >= 11 is 9.30. The molecule has 0 saturated heterocycles. The van der Waals surface area contributed by atoms with Crippen molar-refractivity contribution in [3.63, 3.8) is 0 Å². The van der Waals surface area contributed by atoms with Gasteiger partial charge in [-0.1, -0.05) is 33.6 Å². The second-order valence-corrected chi connectivity index (χ2v) is 4.30. The minimum Gasteiger partial charge on any atom is -0.466 e. The fourth-order valence-electron chi connectivity index (χ4n) is 1.39. The monoisotopic (exact) mass is 315 g/mol. The maximum Gasteiger partial charge on any atom is 0.310 e. The highest BCUT2D eigenvalue weighted by Crippen LogP contribution is 2.23. The van der Waals surface area contributed by atoms with Crippen molar-refractivity contribution >= 4 is 33.5 Å². The maximum absolute atomic E-state index is 11.4. The molecule has 0 aliphatic rings. The number of nitrogens with zero attached hydrogens (tertiary/aromatic N) is 1. The summed E-state index contributed by atoms with van der Waals surface area (Å²) in [6, 6.07) is 5.40. The van der Waals surface area contributed by atoms with Crippen LogP contribution in [0.3, 0.4) is 0 Å². The Morgan fingerprint density at radius 3 is 2.76 bits per heavy atom. The molecule has 0 bridgehead atoms. The zero-order valence-electron chi connectivity index (χ0n) is 9.30. The van der Waals surface area contributed by atoms with Gasteiger partial charge in [0, 0.05) is 10.4 Å². The number of hydrogen-bond donors (Lipinski definition) is 0. The molecule has 1 aromatic rings. The average Bonchev–Trinajstić information content (AvgIpc) is 2.31. The number of rotatable bonds is 4. The van der Waals surface area contributed by atoms with Crippen LogP contribution in [0.5, 0.6) is 0 Å². The van der Waals surface area contributed by atoms with E-state index in [0.29, 0.717) is 28.1 Å². The molecule has 0 aromatic heterocycles. The van der Waals surface area contributed by atoms with Crippen molar-refractivity contribution in [1.82, 2.24) is 0 Å². The predicted molar refractivity (Wildman–Crippen MR) is 69.1 cm³/mol. The number of halogens is 2. The lowest BCUT2D eigenvalue weighted by Gasteiger charge is -2.07. The summed E-state index contributed by atoms with van der Waals surface area (Å²) in [6.45, 7) is 2.10. The second-order valence-electron chi connectivity index (χ2n) is 3.33. The number of carbonyl (C=O) groups is 1. The van der Waals surface area contributed by atoms with E-state index in [1.54, 1.807) is 19.1 Å². The number of ether oxygens (including phenoxy) is 1. The number of benzene rings is 1. The van der Waals surface area contributed by atoms with E-state index in [9.17, 15) is 4.79 Å². The highest BCUT2D eigenvalue weighted by Gasteiger charge is 2.11. The van der Waals surface area contributed by atoms with Crippen molar-refractivity contribution in [2.75, 3.05) is 6.61 Å². The van der Waals surface area contributed by atoms with Crippen LogP contribution in [0.4, 0.5) is 0 Å². The molecule has 90 valence electrons. The Morgan fingerprint density at radius 1 is 1.53 bits per heavy atom. The quantitative estimate of drug-likeness (QED) is 0.633. The summed E-state index contributed by atoms with van der Waals surface area (Å²) in [4.78, 5) is 11.4. The Morgan fingerprint density at radius 2 is 2.24 bits per heavy atom. The first kappa shape index (κ1) is 14.0. The van der Waals surface area contributed by atoms with Gasteiger partial charge in [0.15, 0.2) is 0 Å². The van der Waals surface area contributed by atoms with E-state index in [1.165, 1.54) is 0 Å². The minimum absolute atomic E-state index is 0.123. The van der Waals surface area contributed by atoms with E-state index >= 15 is 0 Å². The lowest BCUT2D eigenvalue weighted by atomic mass is 10.0. The van der Waals surface area contributed by atoms with Gasteiger partial charge < -0.3 is 4.74 Å². The van der Waals surface area contributed by atoms with Gasteiger partial charge in [-0.25, -0.2) is 0 Å². The lowest BCUT2D eigenvalue weighted by molar-refractivity contribution is -0.142. The van der Waals surface area contributed by atoms with Gasteiger partial charge >= 0.3 is 5.97 Å². The molecule has 0 amide bonds. The zero-order chi connectivity index (χ0) is 12.8. The Hall–Kier alpha value is -1.05. The van der Waals surface area contributed by atoms with Crippen LogP contribution in [0, 0.1) is 11.3 Å². The number of nitriles is 1. The smallest absolute Gasteiger partial charge is 0.310 e. The first-order chi connectivity index (χ1) is 8.12. The van der Waals surface area contributed by atoms with E-state index in [0.717, 1.165) is 5.56 Å². The van der Waals surface area contributed by atoms with Crippen LogP contribution in [0.25, 0.3) is 0 Å². The average molecular weight is 317 g/mol. The molecule has 1 aromatic carbocycles.